The number of hydrogen-bond donors (Lipinski definition) is 4. The van der Waals surface area contributed by atoms with Crippen LogP contribution >= 0.6 is 21.6 Å². The molecule has 0 aliphatic carbocycles. The predicted octanol–water partition coefficient (Wildman–Crippen LogP) is 4.50. The molecular formula is C24H46N4O6S2. The van der Waals surface area contributed by atoms with Crippen molar-refractivity contribution in [2.45, 2.75) is 91.1 Å². The van der Waals surface area contributed by atoms with E-state index in [1.54, 1.807) is 0 Å². The number of nitrogens with zero attached hydrogens (tertiary/aromatic N) is 2. The summed E-state index contributed by atoms with van der Waals surface area (Å²) in [6, 6.07) is 0. The van der Waals surface area contributed by atoms with E-state index < -0.39 is 12.2 Å². The lowest BCUT2D eigenvalue weighted by Gasteiger charge is -2.36. The SMILES string of the molecule is CC(C)(C)N(CCCCCNC(=O)O)C(=O)CSSCC(=O)N(CCCCCNC(=O)O)C(C)(C)C. The van der Waals surface area contributed by atoms with Gasteiger partial charge < -0.3 is 30.6 Å². The van der Waals surface area contributed by atoms with Gasteiger partial charge in [0.2, 0.25) is 11.8 Å². The van der Waals surface area contributed by atoms with Crippen molar-refractivity contribution in [2.75, 3.05) is 37.7 Å². The maximum Gasteiger partial charge on any atom is 0.404 e. The standard InChI is InChI=1S/C24H46N4O6S2/c1-23(2,3)27(15-11-7-9-13-25-21(31)32)19(29)17-35-36-18-20(30)28(24(4,5)6)16-12-8-10-14-26-22(33)34/h25-26H,7-18H2,1-6H3,(H,31,32)(H,33,34). The topological polar surface area (TPSA) is 139 Å². The normalized spacial score (nSPS) is 11.6. The molecule has 0 spiro atoms. The average molecular weight is 551 g/mol. The van der Waals surface area contributed by atoms with Crippen LogP contribution in [0.1, 0.15) is 80.1 Å². The van der Waals surface area contributed by atoms with Crippen LogP contribution in [0.4, 0.5) is 9.59 Å². The van der Waals surface area contributed by atoms with E-state index in [0.717, 1.165) is 38.5 Å². The number of carbonyl (C=O) groups is 4. The van der Waals surface area contributed by atoms with Crippen molar-refractivity contribution in [3.05, 3.63) is 0 Å². The third kappa shape index (κ3) is 16.8. The van der Waals surface area contributed by atoms with Crippen LogP contribution in [0.2, 0.25) is 0 Å². The summed E-state index contributed by atoms with van der Waals surface area (Å²) in [6.07, 6.45) is 2.67. The van der Waals surface area contributed by atoms with Crippen molar-refractivity contribution in [1.82, 2.24) is 20.4 Å². The summed E-state index contributed by atoms with van der Waals surface area (Å²) < 4.78 is 0. The van der Waals surface area contributed by atoms with Gasteiger partial charge in [-0.1, -0.05) is 21.6 Å². The Morgan fingerprint density at radius 2 is 0.944 bits per heavy atom. The number of unbranched alkanes of at least 4 members (excludes halogenated alkanes) is 4. The second-order valence-electron chi connectivity index (χ2n) is 10.5. The minimum absolute atomic E-state index is 0.0266. The highest BCUT2D eigenvalue weighted by Gasteiger charge is 2.27. The number of nitrogens with one attached hydrogen (secondary N) is 2. The van der Waals surface area contributed by atoms with Crippen LogP contribution in [0.15, 0.2) is 0 Å². The molecule has 0 aromatic carbocycles. The molecular weight excluding hydrogens is 504 g/mol. The van der Waals surface area contributed by atoms with E-state index in [-0.39, 0.29) is 34.4 Å². The monoisotopic (exact) mass is 550 g/mol. The summed E-state index contributed by atoms with van der Waals surface area (Å²) >= 11 is 0. The van der Waals surface area contributed by atoms with Gasteiger partial charge in [0.1, 0.15) is 0 Å². The van der Waals surface area contributed by atoms with Gasteiger partial charge in [0.15, 0.2) is 0 Å². The smallest absolute Gasteiger partial charge is 0.404 e. The first-order valence-corrected chi connectivity index (χ1v) is 14.9. The van der Waals surface area contributed by atoms with Gasteiger partial charge in [-0.25, -0.2) is 9.59 Å². The zero-order valence-corrected chi connectivity index (χ0v) is 24.4. The highest BCUT2D eigenvalue weighted by Crippen LogP contribution is 2.26. The molecule has 0 unspecified atom stereocenters. The first-order chi connectivity index (χ1) is 16.7. The maximum absolute atomic E-state index is 12.9. The number of hydrogen-bond acceptors (Lipinski definition) is 6. The molecule has 0 aromatic heterocycles. The largest absolute Gasteiger partial charge is 0.465 e. The third-order valence-corrected chi connectivity index (χ3v) is 7.44. The highest BCUT2D eigenvalue weighted by molar-refractivity contribution is 8.77. The minimum Gasteiger partial charge on any atom is -0.465 e. The van der Waals surface area contributed by atoms with Crippen LogP contribution in [0.5, 0.6) is 0 Å². The van der Waals surface area contributed by atoms with Crippen molar-refractivity contribution in [3.63, 3.8) is 0 Å². The molecule has 0 aliphatic heterocycles. The van der Waals surface area contributed by atoms with E-state index in [1.165, 1.54) is 21.6 Å². The molecule has 36 heavy (non-hydrogen) atoms. The van der Waals surface area contributed by atoms with E-state index in [0.29, 0.717) is 26.2 Å². The Hall–Kier alpha value is -1.82. The molecule has 4 amide bonds. The van der Waals surface area contributed by atoms with Crippen molar-refractivity contribution in [3.8, 4) is 0 Å². The second-order valence-corrected chi connectivity index (χ2v) is 13.0. The molecule has 0 saturated heterocycles. The molecule has 0 aliphatic rings. The fraction of sp³-hybridized carbons (Fsp3) is 0.833. The maximum atomic E-state index is 12.9. The van der Waals surface area contributed by atoms with Gasteiger partial charge in [-0.3, -0.25) is 9.59 Å². The Morgan fingerprint density at radius 3 is 1.22 bits per heavy atom. The average Bonchev–Trinajstić information content (AvgIpc) is 2.73. The van der Waals surface area contributed by atoms with Crippen molar-refractivity contribution in [2.24, 2.45) is 0 Å². The summed E-state index contributed by atoms with van der Waals surface area (Å²) in [5.74, 6) is 0.613. The number of rotatable bonds is 17. The van der Waals surface area contributed by atoms with Gasteiger partial charge >= 0.3 is 12.2 Å². The van der Waals surface area contributed by atoms with Crippen molar-refractivity contribution in [1.29, 1.82) is 0 Å². The molecule has 210 valence electrons. The number of carboxylic acid groups (broad SMARTS) is 2. The number of amides is 4. The van der Waals surface area contributed by atoms with E-state index in [9.17, 15) is 19.2 Å². The first-order valence-electron chi connectivity index (χ1n) is 12.4. The molecule has 0 radical (unpaired) electrons. The van der Waals surface area contributed by atoms with Crippen LogP contribution in [-0.2, 0) is 9.59 Å². The van der Waals surface area contributed by atoms with Crippen molar-refractivity contribution < 1.29 is 29.4 Å². The van der Waals surface area contributed by atoms with E-state index >= 15 is 0 Å². The molecule has 0 rings (SSSR count). The fourth-order valence-electron chi connectivity index (χ4n) is 3.54. The Kier molecular flexibility index (Phi) is 16.7. The molecule has 0 heterocycles. The molecule has 0 fully saturated rings. The van der Waals surface area contributed by atoms with Crippen LogP contribution in [0.3, 0.4) is 0 Å². The van der Waals surface area contributed by atoms with E-state index in [4.69, 9.17) is 10.2 Å². The molecule has 0 atom stereocenters. The first kappa shape index (κ1) is 34.2. The number of carbonyl (C=O) groups excluding carboxylic acids is 2. The van der Waals surface area contributed by atoms with Crippen LogP contribution in [-0.4, -0.2) is 92.8 Å². The van der Waals surface area contributed by atoms with Gasteiger partial charge in [-0.05, 0) is 80.1 Å². The summed E-state index contributed by atoms with van der Waals surface area (Å²) in [4.78, 5) is 50.5. The van der Waals surface area contributed by atoms with Crippen LogP contribution < -0.4 is 10.6 Å². The second kappa shape index (κ2) is 17.6. The zero-order valence-electron chi connectivity index (χ0n) is 22.7. The van der Waals surface area contributed by atoms with E-state index in [2.05, 4.69) is 10.6 Å². The van der Waals surface area contributed by atoms with Crippen molar-refractivity contribution >= 4 is 45.6 Å². The minimum atomic E-state index is -1.02. The lowest BCUT2D eigenvalue weighted by Crippen LogP contribution is -2.47. The van der Waals surface area contributed by atoms with Crippen LogP contribution in [0.25, 0.3) is 0 Å². The van der Waals surface area contributed by atoms with Gasteiger partial charge in [-0.15, -0.1) is 0 Å². The summed E-state index contributed by atoms with van der Waals surface area (Å²) in [5, 5.41) is 21.9. The van der Waals surface area contributed by atoms with Crippen LogP contribution in [0, 0.1) is 0 Å². The van der Waals surface area contributed by atoms with Gasteiger partial charge in [0.05, 0.1) is 11.5 Å². The lowest BCUT2D eigenvalue weighted by molar-refractivity contribution is -0.134. The molecule has 0 bridgehead atoms. The third-order valence-electron chi connectivity index (χ3n) is 5.34. The van der Waals surface area contributed by atoms with Gasteiger partial charge in [0, 0.05) is 37.3 Å². The Bertz CT molecular complexity index is 637. The predicted molar refractivity (Wildman–Crippen MR) is 148 cm³/mol. The summed E-state index contributed by atoms with van der Waals surface area (Å²) in [7, 11) is 2.78. The molecule has 12 heteroatoms. The summed E-state index contributed by atoms with van der Waals surface area (Å²) in [6.45, 7) is 14.0. The van der Waals surface area contributed by atoms with Gasteiger partial charge in [0.25, 0.3) is 0 Å². The summed E-state index contributed by atoms with van der Waals surface area (Å²) in [5.41, 5.74) is -0.638. The lowest BCUT2D eigenvalue weighted by atomic mass is 10.0. The molecule has 0 aromatic rings. The Balaban J connectivity index is 4.49. The highest BCUT2D eigenvalue weighted by atomic mass is 33.1. The fourth-order valence-corrected chi connectivity index (χ4v) is 5.33. The molecule has 4 N–H and O–H groups in total. The quantitative estimate of drug-likeness (QED) is 0.153. The van der Waals surface area contributed by atoms with Gasteiger partial charge in [-0.2, -0.15) is 0 Å². The molecule has 10 nitrogen and oxygen atoms in total. The Labute approximate surface area is 224 Å². The molecule has 0 saturated carbocycles. The van der Waals surface area contributed by atoms with E-state index in [1.807, 2.05) is 51.3 Å². The Morgan fingerprint density at radius 1 is 0.611 bits per heavy atom. The zero-order chi connectivity index (χ0) is 27.8.